The van der Waals surface area contributed by atoms with Gasteiger partial charge in [0.1, 0.15) is 18.5 Å². The predicted octanol–water partition coefficient (Wildman–Crippen LogP) is 0.944. The molecule has 2 aromatic heterocycles. The van der Waals surface area contributed by atoms with Crippen LogP contribution in [0.3, 0.4) is 0 Å². The van der Waals surface area contributed by atoms with E-state index in [0.717, 1.165) is 11.5 Å². The smallest absolute Gasteiger partial charge is 0.242 e. The van der Waals surface area contributed by atoms with E-state index in [1.165, 1.54) is 0 Å². The molecule has 1 amide bonds. The highest BCUT2D eigenvalue weighted by molar-refractivity contribution is 5.76. The Morgan fingerprint density at radius 2 is 2.30 bits per heavy atom. The molecule has 1 atom stereocenters. The molecule has 1 saturated heterocycles. The van der Waals surface area contributed by atoms with Crippen molar-refractivity contribution in [1.29, 1.82) is 0 Å². The van der Waals surface area contributed by atoms with Crippen LogP contribution >= 0.6 is 0 Å². The molecule has 0 bridgehead atoms. The van der Waals surface area contributed by atoms with Crippen molar-refractivity contribution in [2.45, 2.75) is 12.6 Å². The monoisotopic (exact) mass is 315 g/mol. The number of hydrogen-bond donors (Lipinski definition) is 0. The fourth-order valence-corrected chi connectivity index (χ4v) is 2.56. The maximum absolute atomic E-state index is 12.4. The van der Waals surface area contributed by atoms with Crippen LogP contribution in [0.2, 0.25) is 0 Å². The molecule has 7 heteroatoms. The number of nitrogens with zero attached hydrogens (tertiary/aromatic N) is 5. The van der Waals surface area contributed by atoms with Crippen molar-refractivity contribution in [3.8, 4) is 0 Å². The molecule has 0 radical (unpaired) electrons. The number of amides is 1. The number of imidazole rings is 1. The van der Waals surface area contributed by atoms with Gasteiger partial charge in [-0.05, 0) is 12.1 Å². The number of rotatable bonds is 4. The summed E-state index contributed by atoms with van der Waals surface area (Å²) in [6.45, 7) is 1.96. The Labute approximate surface area is 135 Å². The van der Waals surface area contributed by atoms with Crippen molar-refractivity contribution in [2.24, 2.45) is 0 Å². The van der Waals surface area contributed by atoms with Crippen LogP contribution in [-0.2, 0) is 16.1 Å². The van der Waals surface area contributed by atoms with Gasteiger partial charge in [-0.25, -0.2) is 9.97 Å². The van der Waals surface area contributed by atoms with E-state index in [1.54, 1.807) is 23.3 Å². The summed E-state index contributed by atoms with van der Waals surface area (Å²) in [4.78, 5) is 24.8. The second kappa shape index (κ2) is 6.78. The van der Waals surface area contributed by atoms with E-state index in [9.17, 15) is 4.79 Å². The third kappa shape index (κ3) is 3.68. The number of hydrogen-bond acceptors (Lipinski definition) is 5. The first kappa shape index (κ1) is 15.5. The van der Waals surface area contributed by atoms with Crippen molar-refractivity contribution in [3.05, 3.63) is 42.6 Å². The van der Waals surface area contributed by atoms with Crippen LogP contribution in [-0.4, -0.2) is 59.1 Å². The lowest BCUT2D eigenvalue weighted by molar-refractivity contribution is -0.139. The molecule has 0 spiro atoms. The molecule has 122 valence electrons. The third-order valence-corrected chi connectivity index (χ3v) is 3.84. The van der Waals surface area contributed by atoms with Crippen molar-refractivity contribution < 1.29 is 9.53 Å². The fourth-order valence-electron chi connectivity index (χ4n) is 2.56. The Morgan fingerprint density at radius 3 is 3.04 bits per heavy atom. The van der Waals surface area contributed by atoms with Gasteiger partial charge >= 0.3 is 0 Å². The minimum atomic E-state index is -0.185. The van der Waals surface area contributed by atoms with E-state index >= 15 is 0 Å². The lowest BCUT2D eigenvalue weighted by atomic mass is 10.2. The van der Waals surface area contributed by atoms with Gasteiger partial charge in [0.2, 0.25) is 5.91 Å². The Hall–Kier alpha value is -2.41. The number of aromatic nitrogens is 3. The van der Waals surface area contributed by atoms with Crippen molar-refractivity contribution in [3.63, 3.8) is 0 Å². The highest BCUT2D eigenvalue weighted by atomic mass is 16.5. The zero-order valence-corrected chi connectivity index (χ0v) is 13.4. The largest absolute Gasteiger partial charge is 0.368 e. The predicted molar refractivity (Wildman–Crippen MR) is 86.1 cm³/mol. The number of carbonyl (C=O) groups is 1. The van der Waals surface area contributed by atoms with Gasteiger partial charge in [-0.2, -0.15) is 0 Å². The zero-order chi connectivity index (χ0) is 16.2. The van der Waals surface area contributed by atoms with Crippen LogP contribution in [0.5, 0.6) is 0 Å². The van der Waals surface area contributed by atoms with Gasteiger partial charge in [-0.3, -0.25) is 4.79 Å². The molecular weight excluding hydrogens is 294 g/mol. The maximum atomic E-state index is 12.4. The fraction of sp³-hybridized carbons (Fsp3) is 0.438. The first-order valence-corrected chi connectivity index (χ1v) is 7.63. The normalized spacial score (nSPS) is 18.0. The number of pyridine rings is 1. The van der Waals surface area contributed by atoms with Gasteiger partial charge in [0.25, 0.3) is 0 Å². The molecule has 0 aliphatic carbocycles. The third-order valence-electron chi connectivity index (χ3n) is 3.84. The minimum Gasteiger partial charge on any atom is -0.368 e. The van der Waals surface area contributed by atoms with Crippen LogP contribution in [0.4, 0.5) is 5.82 Å². The number of anilines is 1. The Balaban J connectivity index is 1.68. The SMILES string of the molecule is CN(C)c1cccc([C@H]2CN(C(=O)Cn3ccnc3)CCO2)n1. The second-order valence-corrected chi connectivity index (χ2v) is 5.75. The molecule has 0 aromatic carbocycles. The average molecular weight is 315 g/mol. The van der Waals surface area contributed by atoms with Gasteiger partial charge in [-0.1, -0.05) is 6.07 Å². The van der Waals surface area contributed by atoms with Gasteiger partial charge in [0.05, 0.1) is 25.2 Å². The van der Waals surface area contributed by atoms with Gasteiger partial charge in [0.15, 0.2) is 0 Å². The van der Waals surface area contributed by atoms with Crippen LogP contribution in [0, 0.1) is 0 Å². The first-order chi connectivity index (χ1) is 11.1. The summed E-state index contributed by atoms with van der Waals surface area (Å²) in [6, 6.07) is 5.86. The average Bonchev–Trinajstić information content (AvgIpc) is 3.08. The van der Waals surface area contributed by atoms with E-state index in [4.69, 9.17) is 4.74 Å². The molecule has 3 rings (SSSR count). The van der Waals surface area contributed by atoms with Crippen molar-refractivity contribution in [2.75, 3.05) is 38.7 Å². The van der Waals surface area contributed by atoms with E-state index in [1.807, 2.05) is 42.1 Å². The molecule has 0 unspecified atom stereocenters. The van der Waals surface area contributed by atoms with E-state index < -0.39 is 0 Å². The summed E-state index contributed by atoms with van der Waals surface area (Å²) >= 11 is 0. The molecule has 1 aliphatic rings. The molecule has 3 heterocycles. The molecule has 0 N–H and O–H groups in total. The van der Waals surface area contributed by atoms with Crippen molar-refractivity contribution in [1.82, 2.24) is 19.4 Å². The number of carbonyl (C=O) groups excluding carboxylic acids is 1. The lowest BCUT2D eigenvalue weighted by Gasteiger charge is -2.33. The molecule has 23 heavy (non-hydrogen) atoms. The number of ether oxygens (including phenoxy) is 1. The molecule has 1 aliphatic heterocycles. The summed E-state index contributed by atoms with van der Waals surface area (Å²) in [5.74, 6) is 0.952. The summed E-state index contributed by atoms with van der Waals surface area (Å²) in [7, 11) is 3.91. The Morgan fingerprint density at radius 1 is 1.43 bits per heavy atom. The molecular formula is C16H21N5O2. The zero-order valence-electron chi connectivity index (χ0n) is 13.4. The molecule has 7 nitrogen and oxygen atoms in total. The minimum absolute atomic E-state index is 0.0695. The Kier molecular flexibility index (Phi) is 4.57. The standard InChI is InChI=1S/C16H21N5O2/c1-19(2)15-5-3-4-13(18-15)14-10-21(8-9-23-14)16(22)11-20-7-6-17-12-20/h3-7,12,14H,8-11H2,1-2H3/t14-/m1/s1. The summed E-state index contributed by atoms with van der Waals surface area (Å²) in [5, 5.41) is 0. The molecule has 2 aromatic rings. The lowest BCUT2D eigenvalue weighted by Crippen LogP contribution is -2.43. The summed E-state index contributed by atoms with van der Waals surface area (Å²) in [5.41, 5.74) is 0.858. The molecule has 0 saturated carbocycles. The maximum Gasteiger partial charge on any atom is 0.242 e. The quantitative estimate of drug-likeness (QED) is 0.840. The summed E-state index contributed by atoms with van der Waals surface area (Å²) in [6.07, 6.45) is 4.93. The van der Waals surface area contributed by atoms with Crippen LogP contribution < -0.4 is 4.90 Å². The van der Waals surface area contributed by atoms with Gasteiger partial charge in [-0.15, -0.1) is 0 Å². The first-order valence-electron chi connectivity index (χ1n) is 7.63. The van der Waals surface area contributed by atoms with E-state index in [2.05, 4.69) is 9.97 Å². The van der Waals surface area contributed by atoms with Crippen molar-refractivity contribution >= 4 is 11.7 Å². The van der Waals surface area contributed by atoms with Gasteiger partial charge < -0.3 is 19.1 Å². The van der Waals surface area contributed by atoms with E-state index in [0.29, 0.717) is 26.2 Å². The highest BCUT2D eigenvalue weighted by Gasteiger charge is 2.26. The second-order valence-electron chi connectivity index (χ2n) is 5.75. The topological polar surface area (TPSA) is 63.5 Å². The Bertz CT molecular complexity index is 656. The van der Waals surface area contributed by atoms with Crippen LogP contribution in [0.25, 0.3) is 0 Å². The highest BCUT2D eigenvalue weighted by Crippen LogP contribution is 2.22. The summed E-state index contributed by atoms with van der Waals surface area (Å²) < 4.78 is 7.60. The van der Waals surface area contributed by atoms with E-state index in [-0.39, 0.29) is 12.0 Å². The van der Waals surface area contributed by atoms with Crippen LogP contribution in [0.1, 0.15) is 11.8 Å². The van der Waals surface area contributed by atoms with Gasteiger partial charge in [0, 0.05) is 33.0 Å². The molecule has 1 fully saturated rings. The van der Waals surface area contributed by atoms with Crippen LogP contribution in [0.15, 0.2) is 36.9 Å². The number of morpholine rings is 1.